The van der Waals surface area contributed by atoms with Crippen LogP contribution in [0, 0.1) is 107 Å². The molecular weight excluding hydrogens is 1650 g/mol. The monoisotopic (exact) mass is 1860 g/mol. The zero-order valence-corrected chi connectivity index (χ0v) is 92.4. The van der Waals surface area contributed by atoms with Gasteiger partial charge >= 0.3 is 45.8 Å². The quantitative estimate of drug-likeness (QED) is 0.0542. The molecule has 0 atom stereocenters. The summed E-state index contributed by atoms with van der Waals surface area (Å²) in [7, 11) is -17.8. The van der Waals surface area contributed by atoms with E-state index < -0.39 is 53.8 Å². The molecule has 22 nitrogen and oxygen atoms in total. The minimum atomic E-state index is -3.66. The fourth-order valence-electron chi connectivity index (χ4n) is 8.17. The van der Waals surface area contributed by atoms with E-state index in [4.69, 9.17) is 84.0 Å². The van der Waals surface area contributed by atoms with Crippen molar-refractivity contribution in [1.82, 2.24) is 0 Å². The topological polar surface area (TPSA) is 398 Å². The van der Waals surface area contributed by atoms with Crippen LogP contribution < -0.4 is 0 Å². The summed E-state index contributed by atoms with van der Waals surface area (Å²) < 4.78 is 114. The van der Waals surface area contributed by atoms with Gasteiger partial charge in [0, 0.05) is 0 Å². The van der Waals surface area contributed by atoms with Crippen molar-refractivity contribution in [3.8, 4) is 0 Å². The highest BCUT2D eigenvalue weighted by Gasteiger charge is 2.24. The van der Waals surface area contributed by atoms with Crippen LogP contribution in [0.2, 0.25) is 19.5 Å². The first-order valence-corrected chi connectivity index (χ1v) is 53.8. The minimum absolute atomic E-state index is 0.116. The zero-order valence-electron chi connectivity index (χ0n) is 88.1. The molecule has 0 aromatic heterocycles. The van der Waals surface area contributed by atoms with Crippen molar-refractivity contribution in [1.29, 1.82) is 0 Å². The summed E-state index contributed by atoms with van der Waals surface area (Å²) in [5, 5.41) is 24.9. The Bertz CT molecular complexity index is 2110. The van der Waals surface area contributed by atoms with Crippen LogP contribution in [-0.2, 0) is 68.3 Å². The Balaban J connectivity index is -0.0000000537. The molecule has 0 aromatic carbocycles. The third-order valence-electron chi connectivity index (χ3n) is 16.7. The maximum absolute atomic E-state index is 9.56. The lowest BCUT2D eigenvalue weighted by molar-refractivity contribution is -0.193. The van der Waals surface area contributed by atoms with E-state index in [1.165, 1.54) is 181 Å². The van der Waals surface area contributed by atoms with Crippen molar-refractivity contribution in [2.75, 3.05) is 11.5 Å². The Morgan fingerprint density at radius 1 is 0.320 bits per heavy atom. The Hall–Kier alpha value is -2.07. The van der Waals surface area contributed by atoms with E-state index in [0.717, 1.165) is 107 Å². The Kier molecular flexibility index (Phi) is 183. The van der Waals surface area contributed by atoms with Gasteiger partial charge in [0.05, 0.1) is 11.5 Å². The van der Waals surface area contributed by atoms with Gasteiger partial charge in [-0.2, -0.15) is 36.0 Å². The Morgan fingerprint density at radius 3 is 0.393 bits per heavy atom. The zero-order chi connectivity index (χ0) is 102. The minimum Gasteiger partial charge on any atom is -0.451 e. The van der Waals surface area contributed by atoms with Crippen molar-refractivity contribution in [2.24, 2.45) is 107 Å². The van der Waals surface area contributed by atoms with Crippen LogP contribution in [0.4, 0.5) is 0 Å². The first kappa shape index (κ1) is 167. The molecule has 0 spiro atoms. The molecule has 0 radical (unpaired) electrons. The molecule has 7 aliphatic carbocycles. The summed E-state index contributed by atoms with van der Waals surface area (Å²) in [6.07, 6.45) is 39.5. The molecule has 752 valence electrons. The summed E-state index contributed by atoms with van der Waals surface area (Å²) in [4.78, 5) is 46.5. The van der Waals surface area contributed by atoms with Crippen molar-refractivity contribution in [2.45, 2.75) is 477 Å². The molecule has 0 bridgehead atoms. The van der Waals surface area contributed by atoms with E-state index in [9.17, 15) is 16.8 Å². The molecular formula is C93H214B2O22P2S3. The lowest BCUT2D eigenvalue weighted by Crippen LogP contribution is -2.16. The maximum atomic E-state index is 9.56. The molecule has 7 aliphatic rings. The molecule has 7 fully saturated rings. The van der Waals surface area contributed by atoms with Gasteiger partial charge in [-0.15, -0.1) is 12.6 Å². The summed E-state index contributed by atoms with van der Waals surface area (Å²) in [6, 6.07) is 0. The highest BCUT2D eigenvalue weighted by Crippen LogP contribution is 2.36. The Morgan fingerprint density at radius 2 is 0.393 bits per heavy atom. The number of rotatable bonds is 12. The van der Waals surface area contributed by atoms with Crippen LogP contribution in [-0.4, -0.2) is 101 Å². The lowest BCUT2D eigenvalue weighted by Gasteiger charge is -2.28. The first-order valence-electron chi connectivity index (χ1n) is 47.3. The summed E-state index contributed by atoms with van der Waals surface area (Å²) >= 11 is 0. The van der Waals surface area contributed by atoms with E-state index in [0.29, 0.717) is 12.2 Å². The maximum Gasteiger partial charge on any atom is 0.465 e. The van der Waals surface area contributed by atoms with Crippen LogP contribution >= 0.6 is 15.8 Å². The third kappa shape index (κ3) is 252. The lowest BCUT2D eigenvalue weighted by atomic mass is 9.69. The van der Waals surface area contributed by atoms with Gasteiger partial charge < -0.3 is 15.1 Å². The fraction of sp³-hybridized carbons (Fsp3) is 0.978. The van der Waals surface area contributed by atoms with E-state index >= 15 is 0 Å². The smallest absolute Gasteiger partial charge is 0.451 e. The van der Waals surface area contributed by atoms with Gasteiger partial charge in [0.25, 0.3) is 27.2 Å². The summed E-state index contributed by atoms with van der Waals surface area (Å²) in [6.45, 7) is 91.5. The van der Waals surface area contributed by atoms with Gasteiger partial charge in [-0.05, 0) is 127 Å². The molecule has 0 saturated heterocycles. The van der Waals surface area contributed by atoms with Gasteiger partial charge in [0.2, 0.25) is 0 Å². The second-order valence-electron chi connectivity index (χ2n) is 35.2. The van der Waals surface area contributed by atoms with Crippen LogP contribution in [0.5, 0.6) is 0 Å². The van der Waals surface area contributed by atoms with E-state index in [1.54, 1.807) is 6.82 Å². The highest BCUT2D eigenvalue weighted by molar-refractivity contribution is 7.86. The van der Waals surface area contributed by atoms with Gasteiger partial charge in [0.15, 0.2) is 0 Å². The van der Waals surface area contributed by atoms with E-state index in [-0.39, 0.29) is 30.7 Å². The van der Waals surface area contributed by atoms with Crippen molar-refractivity contribution >= 4 is 73.0 Å². The van der Waals surface area contributed by atoms with Crippen molar-refractivity contribution in [3.63, 3.8) is 0 Å². The summed E-state index contributed by atoms with van der Waals surface area (Å²) in [5.74, 6) is 16.7. The van der Waals surface area contributed by atoms with Gasteiger partial charge in [0.1, 0.15) is 0 Å². The third-order valence-corrected chi connectivity index (χ3v) is 18.1. The predicted octanol–water partition coefficient (Wildman–Crippen LogP) is 29.7. The molecule has 0 amide bonds. The molecule has 7 rings (SSSR count). The van der Waals surface area contributed by atoms with Gasteiger partial charge in [-0.25, -0.2) is 18.3 Å². The molecule has 29 heteroatoms. The molecule has 7 saturated carbocycles. The molecule has 0 heterocycles. The molecule has 7 N–H and O–H groups in total. The number of carbonyl (C=O) groups excluding carboxylic acids is 4. The molecule has 122 heavy (non-hydrogen) atoms. The molecule has 0 aromatic rings. The SMILES string of the molecule is CC.CC.CC(C)C.CC(C)C.CC(C)C.CC(C)C1CCC1.CC(C)C1CCC1.CC(C)C1CCC1.CC(C)C1CCC1.CC(C)C1CCC1.CC(C)C1CCC1.CC(C)C1CCC1.CC(C)CB(O)O.CCB(C)O.CCC.CCC.CCC.CCC.CCC.CCS(=O)(=O)O.CCS(=O)(=O)O.O=C=O.O=C=O.O=P(=O)O.O=P(=O)O.O=S(=O)=O. The summed E-state index contributed by atoms with van der Waals surface area (Å²) in [5.41, 5.74) is 0. The standard InChI is InChI=1S/7C7H14.C4H11BO2.3C4H10.C3H9BO.5C3H8.2C2H6O3S.2C2H6.2CO2.2HO3P.O3S/c7*1-6(2)7-4-3-5-7;1-4(2)3-5(6)7;3*1-4(2)3;1-3-4(2)5;5*1-3-2;2*1-2-6(3,4)5;2*1-2;2*2-1-3;3*1-4(2)3/h7*6-7H,3-5H2,1-2H3;4,6-7H,3H2,1-2H3;3*4H,1-3H3;5H,3H2,1-2H3;5*3H2,1-2H3;2*2H2,1H3,(H,3,4,5);2*1-2H3;;;2*(H,1,2,3);. The number of hydrogen-bond donors (Lipinski definition) is 7. The Labute approximate surface area is 764 Å². The van der Waals surface area contributed by atoms with Gasteiger partial charge in [-0.3, -0.25) is 18.9 Å². The van der Waals surface area contributed by atoms with Crippen molar-refractivity contribution < 1.29 is 101 Å². The van der Waals surface area contributed by atoms with E-state index in [2.05, 4.69) is 228 Å². The normalized spacial score (nSPS) is 13.6. The van der Waals surface area contributed by atoms with Crippen LogP contribution in [0.3, 0.4) is 0 Å². The second kappa shape index (κ2) is 134. The first-order chi connectivity index (χ1) is 55.9. The van der Waals surface area contributed by atoms with Crippen LogP contribution in [0.15, 0.2) is 0 Å². The highest BCUT2D eigenvalue weighted by atomic mass is 32.2. The predicted molar refractivity (Wildman–Crippen MR) is 528 cm³/mol. The molecule has 0 unspecified atom stereocenters. The largest absolute Gasteiger partial charge is 0.465 e. The van der Waals surface area contributed by atoms with E-state index in [1.807, 2.05) is 48.5 Å². The number of hydrogen-bond acceptors (Lipinski definition) is 18. The van der Waals surface area contributed by atoms with Crippen LogP contribution in [0.25, 0.3) is 0 Å². The fourth-order valence-corrected chi connectivity index (χ4v) is 8.17. The molecule has 0 aliphatic heterocycles. The van der Waals surface area contributed by atoms with Crippen LogP contribution in [0.1, 0.15) is 458 Å². The average Bonchev–Trinajstić information content (AvgIpc) is 0.953. The average molecular weight is 1860 g/mol. The van der Waals surface area contributed by atoms with Crippen molar-refractivity contribution in [3.05, 3.63) is 0 Å². The second-order valence-corrected chi connectivity index (χ2v) is 40.1. The van der Waals surface area contributed by atoms with Gasteiger partial charge in [-0.1, -0.05) is 457 Å².